The molecule has 0 radical (unpaired) electrons. The highest BCUT2D eigenvalue weighted by Crippen LogP contribution is 2.14. The maximum Gasteiger partial charge on any atom is 0.193 e. The number of aryl methyl sites for hydroxylation is 1. The van der Waals surface area contributed by atoms with Crippen molar-refractivity contribution >= 4 is 28.4 Å². The van der Waals surface area contributed by atoms with Gasteiger partial charge in [0.25, 0.3) is 0 Å². The summed E-state index contributed by atoms with van der Waals surface area (Å²) >= 11 is 2.43. The number of carbonyl (C=O) groups is 1. The number of halogens is 1. The van der Waals surface area contributed by atoms with E-state index in [0.717, 1.165) is 17.5 Å². The number of carbonyl (C=O) groups excluding carboxylic acids is 1. The summed E-state index contributed by atoms with van der Waals surface area (Å²) in [4.78, 5) is 12.4. The monoisotopic (exact) mass is 392 g/mol. The van der Waals surface area contributed by atoms with Crippen LogP contribution in [0.1, 0.15) is 47.2 Å². The van der Waals surface area contributed by atoms with E-state index in [1.807, 2.05) is 48.5 Å². The molecule has 0 aliphatic carbocycles. The Balaban J connectivity index is 1.96. The molecule has 0 unspecified atom stereocenters. The molecule has 2 aromatic rings. The number of alkyl halides is 1. The first-order valence-corrected chi connectivity index (χ1v) is 9.08. The lowest BCUT2D eigenvalue weighted by Gasteiger charge is -2.05. The van der Waals surface area contributed by atoms with E-state index >= 15 is 0 Å². The van der Waals surface area contributed by atoms with Crippen molar-refractivity contribution < 1.29 is 4.79 Å². The molecule has 0 N–H and O–H groups in total. The highest BCUT2D eigenvalue weighted by atomic mass is 127. The molecule has 1 nitrogen and oxygen atoms in total. The summed E-state index contributed by atoms with van der Waals surface area (Å²) in [7, 11) is 0. The lowest BCUT2D eigenvalue weighted by molar-refractivity contribution is 0.103. The largest absolute Gasteiger partial charge is 0.289 e. The Morgan fingerprint density at radius 2 is 1.52 bits per heavy atom. The van der Waals surface area contributed by atoms with Crippen molar-refractivity contribution in [3.8, 4) is 0 Å². The molecule has 2 rings (SSSR count). The van der Waals surface area contributed by atoms with E-state index in [0.29, 0.717) is 0 Å². The molecular formula is C19H21IO. The molecule has 2 heteroatoms. The predicted molar refractivity (Wildman–Crippen MR) is 97.4 cm³/mol. The lowest BCUT2D eigenvalue weighted by atomic mass is 9.99. The number of benzene rings is 2. The van der Waals surface area contributed by atoms with Crippen molar-refractivity contribution in [3.05, 3.63) is 71.3 Å². The molecule has 0 spiro atoms. The fourth-order valence-electron chi connectivity index (χ4n) is 2.40. The quantitative estimate of drug-likeness (QED) is 0.253. The van der Waals surface area contributed by atoms with Gasteiger partial charge in [0.2, 0.25) is 0 Å². The van der Waals surface area contributed by atoms with Gasteiger partial charge in [0, 0.05) is 11.1 Å². The van der Waals surface area contributed by atoms with Crippen LogP contribution >= 0.6 is 22.6 Å². The minimum absolute atomic E-state index is 0.113. The van der Waals surface area contributed by atoms with Gasteiger partial charge in [-0.1, -0.05) is 84.0 Å². The normalized spacial score (nSPS) is 10.5. The van der Waals surface area contributed by atoms with Crippen LogP contribution in [-0.4, -0.2) is 10.2 Å². The minimum atomic E-state index is 0.113. The minimum Gasteiger partial charge on any atom is -0.289 e. The van der Waals surface area contributed by atoms with E-state index in [2.05, 4.69) is 28.7 Å². The first-order chi connectivity index (χ1) is 10.3. The van der Waals surface area contributed by atoms with Crippen LogP contribution in [0.5, 0.6) is 0 Å². The van der Waals surface area contributed by atoms with Crippen LogP contribution in [-0.2, 0) is 6.42 Å². The number of rotatable bonds is 8. The van der Waals surface area contributed by atoms with Crippen molar-refractivity contribution in [1.82, 2.24) is 0 Å². The Morgan fingerprint density at radius 1 is 0.810 bits per heavy atom. The first kappa shape index (κ1) is 16.2. The fraction of sp³-hybridized carbons (Fsp3) is 0.316. The molecule has 0 fully saturated rings. The van der Waals surface area contributed by atoms with Gasteiger partial charge in [0.05, 0.1) is 0 Å². The van der Waals surface area contributed by atoms with Gasteiger partial charge in [-0.15, -0.1) is 0 Å². The third-order valence-electron chi connectivity index (χ3n) is 3.57. The molecule has 0 aliphatic rings. The van der Waals surface area contributed by atoms with Gasteiger partial charge in [-0.3, -0.25) is 4.79 Å². The average molecular weight is 392 g/mol. The number of hydrogen-bond donors (Lipinski definition) is 0. The van der Waals surface area contributed by atoms with Crippen molar-refractivity contribution in [1.29, 1.82) is 0 Å². The van der Waals surface area contributed by atoms with Gasteiger partial charge in [-0.05, 0) is 35.3 Å². The van der Waals surface area contributed by atoms with Gasteiger partial charge < -0.3 is 0 Å². The van der Waals surface area contributed by atoms with Crippen LogP contribution in [0, 0.1) is 0 Å². The zero-order valence-electron chi connectivity index (χ0n) is 12.2. The van der Waals surface area contributed by atoms with Gasteiger partial charge in [-0.2, -0.15) is 0 Å². The van der Waals surface area contributed by atoms with E-state index in [4.69, 9.17) is 0 Å². The average Bonchev–Trinajstić information content (AvgIpc) is 2.55. The number of ketones is 1. The highest BCUT2D eigenvalue weighted by molar-refractivity contribution is 14.1. The molecule has 2 aromatic carbocycles. The Hall–Kier alpha value is -1.16. The topological polar surface area (TPSA) is 17.1 Å². The van der Waals surface area contributed by atoms with Crippen molar-refractivity contribution in [3.63, 3.8) is 0 Å². The summed E-state index contributed by atoms with van der Waals surface area (Å²) in [6, 6.07) is 17.6. The molecule has 0 aliphatic heterocycles. The van der Waals surface area contributed by atoms with Crippen LogP contribution in [0.3, 0.4) is 0 Å². The third kappa shape index (κ3) is 5.27. The Kier molecular flexibility index (Phi) is 6.93. The van der Waals surface area contributed by atoms with Gasteiger partial charge in [0.1, 0.15) is 0 Å². The first-order valence-electron chi connectivity index (χ1n) is 7.56. The molecule has 0 aromatic heterocycles. The smallest absolute Gasteiger partial charge is 0.193 e. The van der Waals surface area contributed by atoms with E-state index in [-0.39, 0.29) is 5.78 Å². The van der Waals surface area contributed by atoms with Crippen LogP contribution in [0.2, 0.25) is 0 Å². The van der Waals surface area contributed by atoms with Crippen LogP contribution < -0.4 is 0 Å². The van der Waals surface area contributed by atoms with Crippen molar-refractivity contribution in [2.45, 2.75) is 32.1 Å². The standard InChI is InChI=1S/C19H21IO/c20-14-7-2-1-4-9-16-10-8-13-18(15-16)19(21)17-11-5-3-6-12-17/h3,5-6,8,10-13,15H,1-2,4,7,9,14H2. The van der Waals surface area contributed by atoms with Crippen molar-refractivity contribution in [2.24, 2.45) is 0 Å². The Bertz CT molecular complexity index is 563. The molecule has 0 heterocycles. The van der Waals surface area contributed by atoms with E-state index in [9.17, 15) is 4.79 Å². The Labute approximate surface area is 140 Å². The molecule has 0 atom stereocenters. The van der Waals surface area contributed by atoms with Crippen LogP contribution in [0.15, 0.2) is 54.6 Å². The maximum atomic E-state index is 12.4. The molecule has 0 bridgehead atoms. The van der Waals surface area contributed by atoms with Gasteiger partial charge in [-0.25, -0.2) is 0 Å². The summed E-state index contributed by atoms with van der Waals surface area (Å²) < 4.78 is 1.25. The van der Waals surface area contributed by atoms with Crippen molar-refractivity contribution in [2.75, 3.05) is 4.43 Å². The number of unbranched alkanes of at least 4 members (excludes halogenated alkanes) is 3. The maximum absolute atomic E-state index is 12.4. The molecular weight excluding hydrogens is 371 g/mol. The second kappa shape index (κ2) is 8.98. The Morgan fingerprint density at radius 3 is 2.29 bits per heavy atom. The third-order valence-corrected chi connectivity index (χ3v) is 4.34. The summed E-state index contributed by atoms with van der Waals surface area (Å²) in [6.07, 6.45) is 6.18. The second-order valence-corrected chi connectivity index (χ2v) is 6.33. The van der Waals surface area contributed by atoms with Crippen LogP contribution in [0.4, 0.5) is 0 Å². The van der Waals surface area contributed by atoms with Gasteiger partial charge in [0.15, 0.2) is 5.78 Å². The number of hydrogen-bond acceptors (Lipinski definition) is 1. The summed E-state index contributed by atoms with van der Waals surface area (Å²) in [6.45, 7) is 0. The van der Waals surface area contributed by atoms with E-state index in [1.165, 1.54) is 35.7 Å². The molecule has 0 saturated carbocycles. The molecule has 21 heavy (non-hydrogen) atoms. The lowest BCUT2D eigenvalue weighted by Crippen LogP contribution is -2.01. The van der Waals surface area contributed by atoms with E-state index < -0.39 is 0 Å². The van der Waals surface area contributed by atoms with Gasteiger partial charge >= 0.3 is 0 Å². The summed E-state index contributed by atoms with van der Waals surface area (Å²) in [5.74, 6) is 0.113. The molecule has 0 amide bonds. The summed E-state index contributed by atoms with van der Waals surface area (Å²) in [5, 5.41) is 0. The SMILES string of the molecule is O=C(c1ccccc1)c1cccc(CCCCCCI)c1. The van der Waals surface area contributed by atoms with Crippen LogP contribution in [0.25, 0.3) is 0 Å². The zero-order chi connectivity index (χ0) is 14.9. The molecule has 0 saturated heterocycles. The fourth-order valence-corrected chi connectivity index (χ4v) is 2.94. The molecule has 110 valence electrons. The highest BCUT2D eigenvalue weighted by Gasteiger charge is 2.08. The van der Waals surface area contributed by atoms with E-state index in [1.54, 1.807) is 0 Å². The second-order valence-electron chi connectivity index (χ2n) is 5.25. The summed E-state index contributed by atoms with van der Waals surface area (Å²) in [5.41, 5.74) is 2.83. The predicted octanol–water partition coefficient (Wildman–Crippen LogP) is 5.46. The zero-order valence-corrected chi connectivity index (χ0v) is 14.4.